The second kappa shape index (κ2) is 6.59. The number of para-hydroxylation sites is 1. The van der Waals surface area contributed by atoms with E-state index in [9.17, 15) is 4.79 Å². The summed E-state index contributed by atoms with van der Waals surface area (Å²) in [5.74, 6) is 1.74. The second-order valence-electron chi connectivity index (χ2n) is 7.34. The third kappa shape index (κ3) is 3.18. The molecule has 2 saturated heterocycles. The third-order valence-electron chi connectivity index (χ3n) is 5.52. The molecule has 0 bridgehead atoms. The molecule has 1 N–H and O–H groups in total. The number of aromatic nitrogens is 2. The van der Waals surface area contributed by atoms with Gasteiger partial charge in [-0.25, -0.2) is 0 Å². The zero-order valence-electron chi connectivity index (χ0n) is 14.6. The van der Waals surface area contributed by atoms with E-state index in [-0.39, 0.29) is 17.2 Å². The van der Waals surface area contributed by atoms with E-state index < -0.39 is 0 Å². The minimum absolute atomic E-state index is 0.0173. The van der Waals surface area contributed by atoms with Crippen LogP contribution in [0.15, 0.2) is 34.9 Å². The summed E-state index contributed by atoms with van der Waals surface area (Å²) in [6.45, 7) is 4.78. The molecule has 2 fully saturated rings. The lowest BCUT2D eigenvalue weighted by Gasteiger charge is -2.31. The lowest BCUT2D eigenvalue weighted by Crippen LogP contribution is -2.39. The molecule has 1 amide bonds. The molecule has 3 heterocycles. The average molecular weight is 340 g/mol. The van der Waals surface area contributed by atoms with E-state index in [1.807, 2.05) is 35.2 Å². The Kier molecular flexibility index (Phi) is 4.29. The van der Waals surface area contributed by atoms with E-state index in [1.165, 1.54) is 0 Å². The van der Waals surface area contributed by atoms with Crippen LogP contribution in [0.25, 0.3) is 0 Å². The van der Waals surface area contributed by atoms with Gasteiger partial charge in [-0.2, -0.15) is 4.98 Å². The molecule has 2 aromatic rings. The van der Waals surface area contributed by atoms with Crippen LogP contribution >= 0.6 is 0 Å². The average Bonchev–Trinajstić information content (AvgIpc) is 3.15. The van der Waals surface area contributed by atoms with Crippen molar-refractivity contribution in [1.82, 2.24) is 15.5 Å². The van der Waals surface area contributed by atoms with E-state index in [2.05, 4.69) is 17.4 Å². The van der Waals surface area contributed by atoms with Crippen LogP contribution in [0.1, 0.15) is 50.2 Å². The van der Waals surface area contributed by atoms with Gasteiger partial charge in [0.1, 0.15) is 0 Å². The van der Waals surface area contributed by atoms with Crippen molar-refractivity contribution in [3.8, 4) is 0 Å². The van der Waals surface area contributed by atoms with E-state index >= 15 is 0 Å². The van der Waals surface area contributed by atoms with Gasteiger partial charge in [-0.3, -0.25) is 4.79 Å². The molecule has 1 unspecified atom stereocenters. The van der Waals surface area contributed by atoms with Crippen LogP contribution in [0.2, 0.25) is 0 Å². The van der Waals surface area contributed by atoms with E-state index in [1.54, 1.807) is 0 Å². The van der Waals surface area contributed by atoms with Gasteiger partial charge >= 0.3 is 0 Å². The van der Waals surface area contributed by atoms with Crippen LogP contribution in [-0.2, 0) is 10.2 Å². The van der Waals surface area contributed by atoms with Gasteiger partial charge in [0, 0.05) is 24.1 Å². The molecule has 4 rings (SSSR count). The predicted octanol–water partition coefficient (Wildman–Crippen LogP) is 2.62. The van der Waals surface area contributed by atoms with E-state index in [0.29, 0.717) is 18.9 Å². The number of carbonyl (C=O) groups excluding carboxylic acids is 1. The van der Waals surface area contributed by atoms with E-state index in [0.717, 1.165) is 43.9 Å². The van der Waals surface area contributed by atoms with Gasteiger partial charge in [0.05, 0.1) is 5.92 Å². The molecule has 0 spiro atoms. The third-order valence-corrected chi connectivity index (χ3v) is 5.52. The number of nitrogens with one attached hydrogen (secondary N) is 1. The largest absolute Gasteiger partial charge is 0.339 e. The van der Waals surface area contributed by atoms with Crippen molar-refractivity contribution in [3.63, 3.8) is 0 Å². The summed E-state index contributed by atoms with van der Waals surface area (Å²) in [5, 5.41) is 7.66. The molecule has 25 heavy (non-hydrogen) atoms. The first-order valence-electron chi connectivity index (χ1n) is 9.06. The molecule has 0 aliphatic carbocycles. The van der Waals surface area contributed by atoms with Crippen molar-refractivity contribution < 1.29 is 9.32 Å². The molecular weight excluding hydrogens is 316 g/mol. The molecule has 0 radical (unpaired) electrons. The monoisotopic (exact) mass is 340 g/mol. The quantitative estimate of drug-likeness (QED) is 0.930. The minimum atomic E-state index is -0.0173. The summed E-state index contributed by atoms with van der Waals surface area (Å²) < 4.78 is 5.62. The normalized spacial score (nSPS) is 23.6. The van der Waals surface area contributed by atoms with Gasteiger partial charge < -0.3 is 14.7 Å². The van der Waals surface area contributed by atoms with Crippen molar-refractivity contribution in [2.75, 3.05) is 24.5 Å². The number of benzene rings is 1. The number of anilines is 1. The van der Waals surface area contributed by atoms with Crippen molar-refractivity contribution in [3.05, 3.63) is 42.0 Å². The van der Waals surface area contributed by atoms with Crippen molar-refractivity contribution in [2.45, 2.75) is 43.9 Å². The molecular formula is C19H24N4O2. The van der Waals surface area contributed by atoms with Gasteiger partial charge in [0.15, 0.2) is 5.82 Å². The Morgan fingerprint density at radius 2 is 2.00 bits per heavy atom. The fourth-order valence-electron chi connectivity index (χ4n) is 3.75. The highest BCUT2D eigenvalue weighted by molar-refractivity contribution is 5.94. The molecule has 1 aromatic heterocycles. The number of piperidine rings is 2. The standard InChI is InChI=1S/C19H24N4O2/c1-19(9-11-20-12-10-19)18-21-17(25-22-18)14-7-8-16(24)23(13-14)15-5-3-2-4-6-15/h2-6,14,20H,7-13H2,1H3. The van der Waals surface area contributed by atoms with Crippen molar-refractivity contribution in [1.29, 1.82) is 0 Å². The molecule has 2 aliphatic rings. The van der Waals surface area contributed by atoms with Crippen LogP contribution in [0.5, 0.6) is 0 Å². The molecule has 6 heteroatoms. The first kappa shape index (κ1) is 16.3. The predicted molar refractivity (Wildman–Crippen MR) is 94.5 cm³/mol. The fraction of sp³-hybridized carbons (Fsp3) is 0.526. The smallest absolute Gasteiger partial charge is 0.231 e. The Morgan fingerprint density at radius 3 is 2.76 bits per heavy atom. The lowest BCUT2D eigenvalue weighted by atomic mass is 9.80. The van der Waals surface area contributed by atoms with Crippen LogP contribution in [-0.4, -0.2) is 35.7 Å². The van der Waals surface area contributed by atoms with Gasteiger partial charge in [-0.05, 0) is 44.5 Å². The number of carbonyl (C=O) groups is 1. The van der Waals surface area contributed by atoms with Gasteiger partial charge in [-0.1, -0.05) is 30.3 Å². The van der Waals surface area contributed by atoms with Gasteiger partial charge in [0.25, 0.3) is 0 Å². The number of rotatable bonds is 3. The summed E-state index contributed by atoms with van der Waals surface area (Å²) in [4.78, 5) is 18.9. The maximum absolute atomic E-state index is 12.3. The second-order valence-corrected chi connectivity index (χ2v) is 7.34. The zero-order valence-corrected chi connectivity index (χ0v) is 14.6. The maximum Gasteiger partial charge on any atom is 0.231 e. The van der Waals surface area contributed by atoms with Crippen LogP contribution in [0.3, 0.4) is 0 Å². The van der Waals surface area contributed by atoms with Crippen LogP contribution < -0.4 is 10.2 Å². The summed E-state index contributed by atoms with van der Waals surface area (Å²) in [6.07, 6.45) is 3.32. The Balaban J connectivity index is 1.53. The van der Waals surface area contributed by atoms with Crippen LogP contribution in [0.4, 0.5) is 5.69 Å². The Bertz CT molecular complexity index is 737. The number of amides is 1. The number of hydrogen-bond acceptors (Lipinski definition) is 5. The van der Waals surface area contributed by atoms with Crippen LogP contribution in [0, 0.1) is 0 Å². The highest BCUT2D eigenvalue weighted by Gasteiger charge is 2.36. The zero-order chi connectivity index (χ0) is 17.3. The molecule has 6 nitrogen and oxygen atoms in total. The molecule has 0 saturated carbocycles. The highest BCUT2D eigenvalue weighted by Crippen LogP contribution is 2.34. The van der Waals surface area contributed by atoms with Crippen molar-refractivity contribution >= 4 is 11.6 Å². The van der Waals surface area contributed by atoms with Crippen molar-refractivity contribution in [2.24, 2.45) is 0 Å². The Hall–Kier alpha value is -2.21. The molecule has 2 aliphatic heterocycles. The van der Waals surface area contributed by atoms with Gasteiger partial charge in [0.2, 0.25) is 11.8 Å². The summed E-state index contributed by atoms with van der Waals surface area (Å²) in [7, 11) is 0. The minimum Gasteiger partial charge on any atom is -0.339 e. The van der Waals surface area contributed by atoms with Gasteiger partial charge in [-0.15, -0.1) is 0 Å². The maximum atomic E-state index is 12.3. The highest BCUT2D eigenvalue weighted by atomic mass is 16.5. The first-order chi connectivity index (χ1) is 12.2. The summed E-state index contributed by atoms with van der Waals surface area (Å²) in [5.41, 5.74) is 0.915. The lowest BCUT2D eigenvalue weighted by molar-refractivity contribution is -0.119. The summed E-state index contributed by atoms with van der Waals surface area (Å²) in [6, 6.07) is 9.80. The number of nitrogens with zero attached hydrogens (tertiary/aromatic N) is 3. The Labute approximate surface area is 147 Å². The molecule has 1 aromatic carbocycles. The molecule has 1 atom stereocenters. The Morgan fingerprint density at radius 1 is 1.24 bits per heavy atom. The first-order valence-corrected chi connectivity index (χ1v) is 9.06. The number of hydrogen-bond donors (Lipinski definition) is 1. The summed E-state index contributed by atoms with van der Waals surface area (Å²) >= 11 is 0. The topological polar surface area (TPSA) is 71.3 Å². The van der Waals surface area contributed by atoms with E-state index in [4.69, 9.17) is 9.51 Å². The molecule has 132 valence electrons. The SMILES string of the molecule is CC1(c2noc(C3CCC(=O)N(c4ccccc4)C3)n2)CCNCC1. The fourth-order valence-corrected chi connectivity index (χ4v) is 3.75.